The van der Waals surface area contributed by atoms with Crippen molar-refractivity contribution in [2.75, 3.05) is 20.3 Å². The number of hydrogen-bond acceptors (Lipinski definition) is 3. The first-order valence-electron chi connectivity index (χ1n) is 8.38. The molecule has 2 aromatic rings. The molecule has 0 aromatic heterocycles. The molecule has 3 heteroatoms. The van der Waals surface area contributed by atoms with Crippen molar-refractivity contribution in [2.45, 2.75) is 32.7 Å². The van der Waals surface area contributed by atoms with E-state index in [9.17, 15) is 0 Å². The van der Waals surface area contributed by atoms with Gasteiger partial charge in [-0.2, -0.15) is 0 Å². The Morgan fingerprint density at radius 1 is 1.00 bits per heavy atom. The van der Waals surface area contributed by atoms with Crippen molar-refractivity contribution in [3.63, 3.8) is 0 Å². The maximum absolute atomic E-state index is 5.87. The molecule has 1 N–H and O–H groups in total. The van der Waals surface area contributed by atoms with Gasteiger partial charge in [0.05, 0.1) is 13.7 Å². The molecule has 0 bridgehead atoms. The van der Waals surface area contributed by atoms with Crippen LogP contribution in [-0.4, -0.2) is 20.3 Å². The Hall–Kier alpha value is -2.00. The highest BCUT2D eigenvalue weighted by Gasteiger charge is 2.09. The van der Waals surface area contributed by atoms with Gasteiger partial charge in [0.1, 0.15) is 0 Å². The van der Waals surface area contributed by atoms with Crippen LogP contribution in [0.2, 0.25) is 0 Å². The molecule has 0 spiro atoms. The molecule has 0 heterocycles. The fourth-order valence-corrected chi connectivity index (χ4v) is 2.51. The van der Waals surface area contributed by atoms with E-state index >= 15 is 0 Å². The summed E-state index contributed by atoms with van der Waals surface area (Å²) in [4.78, 5) is 0. The van der Waals surface area contributed by atoms with Crippen LogP contribution in [0.3, 0.4) is 0 Å². The Kier molecular flexibility index (Phi) is 7.47. The van der Waals surface area contributed by atoms with Crippen LogP contribution in [-0.2, 0) is 13.0 Å². The molecule has 0 aliphatic rings. The normalized spacial score (nSPS) is 10.5. The van der Waals surface area contributed by atoms with Crippen molar-refractivity contribution in [3.05, 3.63) is 59.7 Å². The predicted molar refractivity (Wildman–Crippen MR) is 95.2 cm³/mol. The molecule has 124 valence electrons. The van der Waals surface area contributed by atoms with Crippen molar-refractivity contribution in [3.8, 4) is 11.5 Å². The van der Waals surface area contributed by atoms with Crippen LogP contribution >= 0.6 is 0 Å². The molecule has 0 radical (unpaired) electrons. The van der Waals surface area contributed by atoms with Crippen LogP contribution in [0.15, 0.2) is 48.5 Å². The topological polar surface area (TPSA) is 30.5 Å². The summed E-state index contributed by atoms with van der Waals surface area (Å²) in [5.41, 5.74) is 2.54. The summed E-state index contributed by atoms with van der Waals surface area (Å²) in [6, 6.07) is 16.7. The molecule has 0 saturated carbocycles. The van der Waals surface area contributed by atoms with E-state index in [4.69, 9.17) is 9.47 Å². The fraction of sp³-hybridized carbons (Fsp3) is 0.400. The Bertz CT molecular complexity index is 569. The highest BCUT2D eigenvalue weighted by atomic mass is 16.5. The number of rotatable bonds is 10. The van der Waals surface area contributed by atoms with Gasteiger partial charge >= 0.3 is 0 Å². The molecule has 2 aromatic carbocycles. The smallest absolute Gasteiger partial charge is 0.165 e. The average Bonchev–Trinajstić information content (AvgIpc) is 2.60. The van der Waals surface area contributed by atoms with Gasteiger partial charge in [-0.05, 0) is 37.4 Å². The van der Waals surface area contributed by atoms with E-state index in [0.29, 0.717) is 6.61 Å². The number of benzene rings is 2. The van der Waals surface area contributed by atoms with E-state index in [1.165, 1.54) is 5.56 Å². The Morgan fingerprint density at radius 3 is 2.57 bits per heavy atom. The third kappa shape index (κ3) is 5.61. The summed E-state index contributed by atoms with van der Waals surface area (Å²) in [6.45, 7) is 4.60. The number of methoxy groups -OCH3 is 1. The minimum absolute atomic E-state index is 0.710. The molecule has 0 amide bonds. The molecule has 3 nitrogen and oxygen atoms in total. The van der Waals surface area contributed by atoms with Crippen LogP contribution in [0.4, 0.5) is 0 Å². The third-order valence-corrected chi connectivity index (χ3v) is 3.71. The third-order valence-electron chi connectivity index (χ3n) is 3.71. The van der Waals surface area contributed by atoms with E-state index in [1.807, 2.05) is 12.1 Å². The predicted octanol–water partition coefficient (Wildman–Crippen LogP) is 4.21. The van der Waals surface area contributed by atoms with Crippen LogP contribution in [0.1, 0.15) is 30.9 Å². The Balaban J connectivity index is 1.82. The summed E-state index contributed by atoms with van der Waals surface area (Å²) in [7, 11) is 1.69. The molecular formula is C20H27NO2. The molecule has 0 fully saturated rings. The minimum Gasteiger partial charge on any atom is -0.493 e. The van der Waals surface area contributed by atoms with Gasteiger partial charge in [-0.25, -0.2) is 0 Å². The standard InChI is InChI=1S/C20H27NO2/c1-3-15-23-20-18(12-7-13-19(20)22-2)16-21-14-8-11-17-9-5-4-6-10-17/h4-7,9-10,12-13,21H,3,8,11,14-16H2,1-2H3. The monoisotopic (exact) mass is 313 g/mol. The zero-order chi connectivity index (χ0) is 16.3. The highest BCUT2D eigenvalue weighted by molar-refractivity contribution is 5.46. The summed E-state index contributed by atoms with van der Waals surface area (Å²) in [6.07, 6.45) is 3.21. The summed E-state index contributed by atoms with van der Waals surface area (Å²) in [5, 5.41) is 3.50. The Morgan fingerprint density at radius 2 is 1.83 bits per heavy atom. The quantitative estimate of drug-likeness (QED) is 0.667. The van der Waals surface area contributed by atoms with Crippen molar-refractivity contribution in [2.24, 2.45) is 0 Å². The van der Waals surface area contributed by atoms with Crippen LogP contribution in [0.5, 0.6) is 11.5 Å². The number of hydrogen-bond donors (Lipinski definition) is 1. The second-order valence-corrected chi connectivity index (χ2v) is 5.56. The first kappa shape index (κ1) is 17.4. The summed E-state index contributed by atoms with van der Waals surface area (Å²) < 4.78 is 11.3. The lowest BCUT2D eigenvalue weighted by molar-refractivity contribution is 0.290. The minimum atomic E-state index is 0.710. The van der Waals surface area contributed by atoms with Crippen molar-refractivity contribution >= 4 is 0 Å². The van der Waals surface area contributed by atoms with Crippen molar-refractivity contribution in [1.82, 2.24) is 5.32 Å². The van der Waals surface area contributed by atoms with Gasteiger partial charge in [0, 0.05) is 12.1 Å². The van der Waals surface area contributed by atoms with E-state index in [0.717, 1.165) is 49.4 Å². The maximum atomic E-state index is 5.87. The SMILES string of the molecule is CCCOc1c(CNCCCc2ccccc2)cccc1OC. The zero-order valence-electron chi connectivity index (χ0n) is 14.2. The van der Waals surface area contributed by atoms with Gasteiger partial charge in [-0.15, -0.1) is 0 Å². The van der Waals surface area contributed by atoms with Crippen LogP contribution < -0.4 is 14.8 Å². The zero-order valence-corrected chi connectivity index (χ0v) is 14.2. The first-order chi connectivity index (χ1) is 11.3. The Labute approximate surface area is 139 Å². The van der Waals surface area contributed by atoms with Crippen LogP contribution in [0, 0.1) is 0 Å². The molecular weight excluding hydrogens is 286 g/mol. The van der Waals surface area contributed by atoms with Gasteiger partial charge in [0.2, 0.25) is 0 Å². The van der Waals surface area contributed by atoms with E-state index in [1.54, 1.807) is 7.11 Å². The summed E-state index contributed by atoms with van der Waals surface area (Å²) in [5.74, 6) is 1.68. The van der Waals surface area contributed by atoms with Crippen molar-refractivity contribution in [1.29, 1.82) is 0 Å². The lowest BCUT2D eigenvalue weighted by atomic mass is 10.1. The molecule has 0 aliphatic carbocycles. The number of nitrogens with one attached hydrogen (secondary N) is 1. The number of para-hydroxylation sites is 1. The second-order valence-electron chi connectivity index (χ2n) is 5.56. The highest BCUT2D eigenvalue weighted by Crippen LogP contribution is 2.31. The van der Waals surface area contributed by atoms with E-state index in [-0.39, 0.29) is 0 Å². The lowest BCUT2D eigenvalue weighted by Gasteiger charge is -2.15. The largest absolute Gasteiger partial charge is 0.493 e. The van der Waals surface area contributed by atoms with Gasteiger partial charge < -0.3 is 14.8 Å². The maximum Gasteiger partial charge on any atom is 0.165 e. The van der Waals surface area contributed by atoms with Gasteiger partial charge in [-0.3, -0.25) is 0 Å². The van der Waals surface area contributed by atoms with Gasteiger partial charge in [0.15, 0.2) is 11.5 Å². The van der Waals surface area contributed by atoms with E-state index < -0.39 is 0 Å². The van der Waals surface area contributed by atoms with Gasteiger partial charge in [-0.1, -0.05) is 49.4 Å². The molecule has 2 rings (SSSR count). The molecule has 0 atom stereocenters. The number of aryl methyl sites for hydroxylation is 1. The first-order valence-corrected chi connectivity index (χ1v) is 8.38. The summed E-state index contributed by atoms with van der Waals surface area (Å²) >= 11 is 0. The average molecular weight is 313 g/mol. The molecule has 23 heavy (non-hydrogen) atoms. The van der Waals surface area contributed by atoms with Crippen LogP contribution in [0.25, 0.3) is 0 Å². The lowest BCUT2D eigenvalue weighted by Crippen LogP contribution is -2.16. The van der Waals surface area contributed by atoms with Gasteiger partial charge in [0.25, 0.3) is 0 Å². The fourth-order valence-electron chi connectivity index (χ4n) is 2.51. The molecule has 0 unspecified atom stereocenters. The number of ether oxygens (including phenoxy) is 2. The molecule has 0 aliphatic heterocycles. The van der Waals surface area contributed by atoms with E-state index in [2.05, 4.69) is 48.6 Å². The van der Waals surface area contributed by atoms with Crippen molar-refractivity contribution < 1.29 is 9.47 Å². The second kappa shape index (κ2) is 9.90. The molecule has 0 saturated heterocycles.